The molecule has 0 aliphatic heterocycles. The summed E-state index contributed by atoms with van der Waals surface area (Å²) >= 11 is 0. The number of allylic oxidation sites excluding steroid dienone is 5. The number of hydrogen-bond donors (Lipinski definition) is 0. The predicted molar refractivity (Wildman–Crippen MR) is 57.2 cm³/mol. The molecule has 0 amide bonds. The van der Waals surface area contributed by atoms with Gasteiger partial charge < -0.3 is 0 Å². The van der Waals surface area contributed by atoms with E-state index < -0.39 is 0 Å². The van der Waals surface area contributed by atoms with E-state index >= 15 is 0 Å². The van der Waals surface area contributed by atoms with Gasteiger partial charge in [-0.3, -0.25) is 0 Å². The molecule has 0 bridgehead atoms. The maximum atomic E-state index is 3.87. The van der Waals surface area contributed by atoms with Crippen LogP contribution in [0.5, 0.6) is 0 Å². The molecule has 0 rings (SSSR count). The highest BCUT2D eigenvalue weighted by atomic mass is 14.0. The van der Waals surface area contributed by atoms with Gasteiger partial charge in [0.15, 0.2) is 0 Å². The van der Waals surface area contributed by atoms with E-state index in [4.69, 9.17) is 0 Å². The molecule has 0 radical (unpaired) electrons. The predicted octanol–water partition coefficient (Wildman–Crippen LogP) is 4.26. The van der Waals surface area contributed by atoms with E-state index in [0.29, 0.717) is 0 Å². The zero-order valence-corrected chi connectivity index (χ0v) is 8.78. The fourth-order valence-electron chi connectivity index (χ4n) is 1.30. The highest BCUT2D eigenvalue weighted by molar-refractivity contribution is 5.33. The van der Waals surface area contributed by atoms with Crippen molar-refractivity contribution in [1.29, 1.82) is 0 Å². The van der Waals surface area contributed by atoms with Gasteiger partial charge in [0.25, 0.3) is 0 Å². The summed E-state index contributed by atoms with van der Waals surface area (Å²) < 4.78 is 0. The molecule has 12 heavy (non-hydrogen) atoms. The zero-order chi connectivity index (χ0) is 9.56. The monoisotopic (exact) mass is 164 g/mol. The van der Waals surface area contributed by atoms with Crippen LogP contribution in [-0.2, 0) is 0 Å². The molecule has 0 fully saturated rings. The molecule has 0 aliphatic rings. The van der Waals surface area contributed by atoms with Crippen LogP contribution in [0.25, 0.3) is 0 Å². The molecule has 68 valence electrons. The molecular formula is C12H20. The maximum absolute atomic E-state index is 3.87. The van der Waals surface area contributed by atoms with Crippen molar-refractivity contribution >= 4 is 0 Å². The summed E-state index contributed by atoms with van der Waals surface area (Å²) in [5, 5.41) is 0. The van der Waals surface area contributed by atoms with Gasteiger partial charge in [-0.05, 0) is 38.3 Å². The van der Waals surface area contributed by atoms with E-state index in [2.05, 4.69) is 39.5 Å². The number of hydrogen-bond acceptors (Lipinski definition) is 0. The van der Waals surface area contributed by atoms with Crippen LogP contribution in [-0.4, -0.2) is 0 Å². The molecule has 0 saturated carbocycles. The summed E-state index contributed by atoms with van der Waals surface area (Å²) in [6.45, 7) is 12.4. The van der Waals surface area contributed by atoms with Gasteiger partial charge in [-0.15, -0.1) is 0 Å². The Labute approximate surface area is 76.7 Å². The topological polar surface area (TPSA) is 0 Å². The van der Waals surface area contributed by atoms with Gasteiger partial charge in [0.05, 0.1) is 0 Å². The Morgan fingerprint density at radius 3 is 2.25 bits per heavy atom. The molecule has 0 aromatic rings. The molecule has 0 saturated heterocycles. The number of rotatable bonds is 4. The largest absolute Gasteiger partial charge is 0.0961 e. The van der Waals surface area contributed by atoms with E-state index in [1.165, 1.54) is 24.0 Å². The van der Waals surface area contributed by atoms with Gasteiger partial charge in [-0.2, -0.15) is 0 Å². The molecule has 0 atom stereocenters. The van der Waals surface area contributed by atoms with Crippen molar-refractivity contribution in [2.45, 2.75) is 40.5 Å². The van der Waals surface area contributed by atoms with Crippen LogP contribution in [0, 0.1) is 0 Å². The summed E-state index contributed by atoms with van der Waals surface area (Å²) in [5.74, 6) is 0. The Balaban J connectivity index is 4.42. The summed E-state index contributed by atoms with van der Waals surface area (Å²) in [5.41, 5.74) is 3.93. The fourth-order valence-corrected chi connectivity index (χ4v) is 1.30. The summed E-state index contributed by atoms with van der Waals surface area (Å²) in [6, 6.07) is 0. The van der Waals surface area contributed by atoms with E-state index in [-0.39, 0.29) is 0 Å². The van der Waals surface area contributed by atoms with Crippen LogP contribution in [0.15, 0.2) is 35.5 Å². The van der Waals surface area contributed by atoms with Crippen molar-refractivity contribution < 1.29 is 0 Å². The standard InChI is InChI=1S/C12H20/c1-6-8-12(7-2)11(5)9-10(3)4/h7,9H,3,6,8H2,1-2,4-5H3/b11-9-,12-7-. The molecule has 0 heteroatoms. The molecule has 0 spiro atoms. The Morgan fingerprint density at radius 2 is 1.92 bits per heavy atom. The molecule has 0 N–H and O–H groups in total. The van der Waals surface area contributed by atoms with Crippen molar-refractivity contribution in [3.05, 3.63) is 35.5 Å². The molecule has 0 aromatic carbocycles. The lowest BCUT2D eigenvalue weighted by atomic mass is 10.0. The molecule has 0 aromatic heterocycles. The normalized spacial score (nSPS) is 13.3. The van der Waals surface area contributed by atoms with Crippen molar-refractivity contribution in [2.75, 3.05) is 0 Å². The lowest BCUT2D eigenvalue weighted by molar-refractivity contribution is 0.908. The third-order valence-corrected chi connectivity index (χ3v) is 1.84. The van der Waals surface area contributed by atoms with Gasteiger partial charge in [0.2, 0.25) is 0 Å². The SMILES string of the molecule is C=C(C)/C=C(C)\C(=C/C)CCC. The lowest BCUT2D eigenvalue weighted by Crippen LogP contribution is -1.85. The first kappa shape index (κ1) is 11.2. The first-order valence-corrected chi connectivity index (χ1v) is 4.61. The van der Waals surface area contributed by atoms with Gasteiger partial charge in [0.1, 0.15) is 0 Å². The van der Waals surface area contributed by atoms with E-state index in [1.54, 1.807) is 0 Å². The fraction of sp³-hybridized carbons (Fsp3) is 0.500. The smallest absolute Gasteiger partial charge is 0.0282 e. The molecular weight excluding hydrogens is 144 g/mol. The minimum Gasteiger partial charge on any atom is -0.0961 e. The van der Waals surface area contributed by atoms with E-state index in [1.807, 2.05) is 6.92 Å². The summed E-state index contributed by atoms with van der Waals surface area (Å²) in [4.78, 5) is 0. The van der Waals surface area contributed by atoms with Crippen molar-refractivity contribution in [3.63, 3.8) is 0 Å². The van der Waals surface area contributed by atoms with E-state index in [0.717, 1.165) is 5.57 Å². The van der Waals surface area contributed by atoms with Crippen LogP contribution in [0.2, 0.25) is 0 Å². The van der Waals surface area contributed by atoms with Crippen LogP contribution in [0.3, 0.4) is 0 Å². The van der Waals surface area contributed by atoms with Crippen molar-refractivity contribution in [1.82, 2.24) is 0 Å². The zero-order valence-electron chi connectivity index (χ0n) is 8.78. The molecule has 0 aliphatic carbocycles. The van der Waals surface area contributed by atoms with Crippen LogP contribution in [0.1, 0.15) is 40.5 Å². The van der Waals surface area contributed by atoms with Gasteiger partial charge in [-0.1, -0.05) is 37.6 Å². The second-order valence-corrected chi connectivity index (χ2v) is 3.24. The molecule has 0 heterocycles. The van der Waals surface area contributed by atoms with Crippen LogP contribution < -0.4 is 0 Å². The highest BCUT2D eigenvalue weighted by Crippen LogP contribution is 2.16. The second kappa shape index (κ2) is 5.82. The lowest BCUT2D eigenvalue weighted by Gasteiger charge is -2.05. The summed E-state index contributed by atoms with van der Waals surface area (Å²) in [6.07, 6.45) is 6.72. The maximum Gasteiger partial charge on any atom is -0.0282 e. The molecule has 0 unspecified atom stereocenters. The Bertz CT molecular complexity index is 204. The van der Waals surface area contributed by atoms with Gasteiger partial charge in [0, 0.05) is 0 Å². The summed E-state index contributed by atoms with van der Waals surface area (Å²) in [7, 11) is 0. The van der Waals surface area contributed by atoms with Crippen molar-refractivity contribution in [2.24, 2.45) is 0 Å². The molecule has 0 nitrogen and oxygen atoms in total. The van der Waals surface area contributed by atoms with Crippen LogP contribution >= 0.6 is 0 Å². The average molecular weight is 164 g/mol. The Kier molecular flexibility index (Phi) is 5.44. The minimum atomic E-state index is 1.13. The van der Waals surface area contributed by atoms with Gasteiger partial charge >= 0.3 is 0 Å². The Morgan fingerprint density at radius 1 is 1.33 bits per heavy atom. The third kappa shape index (κ3) is 4.17. The first-order chi connectivity index (χ1) is 5.61. The second-order valence-electron chi connectivity index (χ2n) is 3.24. The quantitative estimate of drug-likeness (QED) is 0.545. The van der Waals surface area contributed by atoms with E-state index in [9.17, 15) is 0 Å². The highest BCUT2D eigenvalue weighted by Gasteiger charge is 1.96. The van der Waals surface area contributed by atoms with Crippen molar-refractivity contribution in [3.8, 4) is 0 Å². The van der Waals surface area contributed by atoms with Gasteiger partial charge in [-0.25, -0.2) is 0 Å². The Hall–Kier alpha value is -0.780. The minimum absolute atomic E-state index is 1.13. The average Bonchev–Trinajstić information content (AvgIpc) is 1.98. The first-order valence-electron chi connectivity index (χ1n) is 4.61. The third-order valence-electron chi connectivity index (χ3n) is 1.84. The van der Waals surface area contributed by atoms with Crippen LogP contribution in [0.4, 0.5) is 0 Å².